The van der Waals surface area contributed by atoms with Crippen LogP contribution >= 0.6 is 0 Å². The van der Waals surface area contributed by atoms with E-state index in [1.165, 1.54) is 0 Å². The van der Waals surface area contributed by atoms with Crippen LogP contribution in [0, 0.1) is 6.92 Å². The van der Waals surface area contributed by atoms with Gasteiger partial charge in [0.05, 0.1) is 4.90 Å². The summed E-state index contributed by atoms with van der Waals surface area (Å²) in [5.41, 5.74) is 0.810. The van der Waals surface area contributed by atoms with Crippen molar-refractivity contribution >= 4 is 9.84 Å². The predicted octanol–water partition coefficient (Wildman–Crippen LogP) is 5.84. The van der Waals surface area contributed by atoms with Gasteiger partial charge in [-0.2, -0.15) is 0 Å². The second-order valence-corrected chi connectivity index (χ2v) is 6.52. The molecule has 2 rings (SSSR count). The number of sulfone groups is 1. The Morgan fingerprint density at radius 3 is 2.18 bits per heavy atom. The molecule has 0 spiro atoms. The molecule has 0 saturated heterocycles. The van der Waals surface area contributed by atoms with Gasteiger partial charge in [-0.3, -0.25) is 0 Å². The molecule has 0 bridgehead atoms. The highest BCUT2D eigenvalue weighted by molar-refractivity contribution is 7.95. The lowest BCUT2D eigenvalue weighted by Gasteiger charge is -2.11. The van der Waals surface area contributed by atoms with Gasteiger partial charge in [0.2, 0.25) is 9.84 Å². The lowest BCUT2D eigenvalue weighted by molar-refractivity contribution is 0.600. The van der Waals surface area contributed by atoms with Gasteiger partial charge in [0.25, 0.3) is 0 Å². The van der Waals surface area contributed by atoms with Crippen molar-refractivity contribution in [3.8, 4) is 0 Å². The van der Waals surface area contributed by atoms with Crippen molar-refractivity contribution in [2.45, 2.75) is 65.2 Å². The minimum atomic E-state index is -3.32. The van der Waals surface area contributed by atoms with Crippen LogP contribution in [-0.4, -0.2) is 8.42 Å². The molecule has 0 aliphatic heterocycles. The topological polar surface area (TPSA) is 34.1 Å². The van der Waals surface area contributed by atoms with Gasteiger partial charge < -0.3 is 0 Å². The quantitative estimate of drug-likeness (QED) is 0.641. The monoisotopic (exact) mass is 322 g/mol. The summed E-state index contributed by atoms with van der Waals surface area (Å²) in [6, 6.07) is 7.17. The number of hydrogen-bond acceptors (Lipinski definition) is 2. The van der Waals surface area contributed by atoms with Crippen LogP contribution in [0.25, 0.3) is 0 Å². The predicted molar refractivity (Wildman–Crippen MR) is 96.8 cm³/mol. The van der Waals surface area contributed by atoms with Crippen LogP contribution < -0.4 is 0 Å². The molecular formula is C19H30O2S. The van der Waals surface area contributed by atoms with Crippen LogP contribution in [0.4, 0.5) is 0 Å². The number of aryl methyl sites for hydroxylation is 1. The molecule has 2 nitrogen and oxygen atoms in total. The fourth-order valence-corrected chi connectivity index (χ4v) is 3.80. The van der Waals surface area contributed by atoms with Gasteiger partial charge in [-0.05, 0) is 37.8 Å². The number of allylic oxidation sites excluding steroid dienone is 4. The van der Waals surface area contributed by atoms with Crippen molar-refractivity contribution in [1.82, 2.24) is 0 Å². The second kappa shape index (κ2) is 11.2. The molecule has 0 fully saturated rings. The molecule has 0 amide bonds. The summed E-state index contributed by atoms with van der Waals surface area (Å²) < 4.78 is 25.1. The van der Waals surface area contributed by atoms with E-state index >= 15 is 0 Å². The Morgan fingerprint density at radius 2 is 1.55 bits per heavy atom. The Kier molecular flexibility index (Phi) is 10.6. The average Bonchev–Trinajstić information content (AvgIpc) is 2.51. The summed E-state index contributed by atoms with van der Waals surface area (Å²) in [4.78, 5) is 0.970. The largest absolute Gasteiger partial charge is 0.219 e. The highest BCUT2D eigenvalue weighted by Gasteiger charge is 2.21. The normalized spacial score (nSPS) is 18.1. The van der Waals surface area contributed by atoms with Gasteiger partial charge in [0, 0.05) is 11.3 Å². The molecule has 0 unspecified atom stereocenters. The highest BCUT2D eigenvalue weighted by Crippen LogP contribution is 2.26. The zero-order chi connectivity index (χ0) is 17.0. The van der Waals surface area contributed by atoms with E-state index in [2.05, 4.69) is 6.08 Å². The maximum absolute atomic E-state index is 12.6. The molecule has 0 N–H and O–H groups in total. The fraction of sp³-hybridized carbons (Fsp3) is 0.474. The molecule has 124 valence electrons. The standard InChI is InChI=1S/C15H18O2S.2C2H6/c1-13-9-7-8-12-15(13)18(16,17)14-10-5-3-2-4-6-11-14;2*1-2/h3,5,7-9,11-12H,2,4,6,10H2,1H3;2*1-2H3/b5-3-,14-11+;;. The van der Waals surface area contributed by atoms with Crippen molar-refractivity contribution < 1.29 is 8.42 Å². The molecule has 0 radical (unpaired) electrons. The van der Waals surface area contributed by atoms with Gasteiger partial charge in [-0.15, -0.1) is 0 Å². The van der Waals surface area contributed by atoms with Crippen LogP contribution in [0.5, 0.6) is 0 Å². The Balaban J connectivity index is 0.00000102. The summed E-state index contributed by atoms with van der Waals surface area (Å²) in [5, 5.41) is 0. The molecule has 1 aliphatic carbocycles. The van der Waals surface area contributed by atoms with Crippen LogP contribution in [0.2, 0.25) is 0 Å². The lowest BCUT2D eigenvalue weighted by Crippen LogP contribution is -2.07. The summed E-state index contributed by atoms with van der Waals surface area (Å²) in [6.07, 6.45) is 9.31. The van der Waals surface area contributed by atoms with E-state index in [9.17, 15) is 8.42 Å². The van der Waals surface area contributed by atoms with Gasteiger partial charge in [-0.1, -0.05) is 64.1 Å². The molecule has 0 atom stereocenters. The van der Waals surface area contributed by atoms with Gasteiger partial charge in [0.15, 0.2) is 0 Å². The Bertz CT molecular complexity index is 581. The van der Waals surface area contributed by atoms with E-state index in [-0.39, 0.29) is 0 Å². The Labute approximate surface area is 136 Å². The fourth-order valence-electron chi connectivity index (χ4n) is 2.12. The van der Waals surface area contributed by atoms with Crippen molar-refractivity contribution in [3.05, 3.63) is 53.0 Å². The lowest BCUT2D eigenvalue weighted by atomic mass is 10.1. The van der Waals surface area contributed by atoms with Crippen molar-refractivity contribution in [2.75, 3.05) is 0 Å². The first-order valence-electron chi connectivity index (χ1n) is 8.27. The molecular weight excluding hydrogens is 292 g/mol. The average molecular weight is 323 g/mol. The van der Waals surface area contributed by atoms with Crippen LogP contribution in [-0.2, 0) is 9.84 Å². The first-order valence-corrected chi connectivity index (χ1v) is 9.75. The van der Waals surface area contributed by atoms with Crippen LogP contribution in [0.3, 0.4) is 0 Å². The minimum Gasteiger partial charge on any atom is -0.219 e. The van der Waals surface area contributed by atoms with Crippen LogP contribution in [0.15, 0.2) is 52.3 Å². The van der Waals surface area contributed by atoms with E-state index in [0.29, 0.717) is 16.2 Å². The zero-order valence-corrected chi connectivity index (χ0v) is 15.4. The molecule has 0 aromatic heterocycles. The van der Waals surface area contributed by atoms with Gasteiger partial charge in [0.1, 0.15) is 0 Å². The smallest absolute Gasteiger partial charge is 0.203 e. The first kappa shape index (κ1) is 20.6. The number of benzene rings is 1. The number of hydrogen-bond donors (Lipinski definition) is 0. The maximum Gasteiger partial charge on any atom is 0.203 e. The van der Waals surface area contributed by atoms with Crippen molar-refractivity contribution in [2.24, 2.45) is 0 Å². The van der Waals surface area contributed by atoms with Crippen molar-refractivity contribution in [1.29, 1.82) is 0 Å². The maximum atomic E-state index is 12.6. The third kappa shape index (κ3) is 5.80. The summed E-state index contributed by atoms with van der Waals surface area (Å²) in [5.74, 6) is 0. The van der Waals surface area contributed by atoms with Crippen molar-refractivity contribution in [3.63, 3.8) is 0 Å². The van der Waals surface area contributed by atoms with E-state index in [1.54, 1.807) is 12.1 Å². The first-order chi connectivity index (χ1) is 10.6. The van der Waals surface area contributed by atoms with E-state index in [1.807, 2.05) is 58.9 Å². The van der Waals surface area contributed by atoms with E-state index < -0.39 is 9.84 Å². The zero-order valence-electron chi connectivity index (χ0n) is 14.6. The Morgan fingerprint density at radius 1 is 0.909 bits per heavy atom. The summed E-state index contributed by atoms with van der Waals surface area (Å²) >= 11 is 0. The molecule has 22 heavy (non-hydrogen) atoms. The third-order valence-electron chi connectivity index (χ3n) is 3.16. The molecule has 1 aromatic carbocycles. The second-order valence-electron chi connectivity index (χ2n) is 4.55. The van der Waals surface area contributed by atoms with Gasteiger partial charge in [-0.25, -0.2) is 8.42 Å². The highest BCUT2D eigenvalue weighted by atomic mass is 32.2. The number of rotatable bonds is 2. The molecule has 1 aromatic rings. The van der Waals surface area contributed by atoms with E-state index in [0.717, 1.165) is 24.8 Å². The van der Waals surface area contributed by atoms with Crippen LogP contribution in [0.1, 0.15) is 58.9 Å². The molecule has 0 heterocycles. The molecule has 3 heteroatoms. The summed E-state index contributed by atoms with van der Waals surface area (Å²) in [6.45, 7) is 9.84. The minimum absolute atomic E-state index is 0.435. The SMILES string of the molecule is CC.CC.Cc1ccccc1S(=O)(=O)/C1=C/CCC/C=C\C1. The Hall–Kier alpha value is -1.35. The molecule has 1 aliphatic rings. The molecule has 0 saturated carbocycles. The summed E-state index contributed by atoms with van der Waals surface area (Å²) in [7, 11) is -3.32. The third-order valence-corrected chi connectivity index (χ3v) is 5.22. The van der Waals surface area contributed by atoms with E-state index in [4.69, 9.17) is 0 Å². The van der Waals surface area contributed by atoms with Gasteiger partial charge >= 0.3 is 0 Å².